The number of benzene rings is 1. The summed E-state index contributed by atoms with van der Waals surface area (Å²) in [6, 6.07) is 7.20. The first-order chi connectivity index (χ1) is 7.75. The highest BCUT2D eigenvalue weighted by Gasteiger charge is 2.13. The highest BCUT2D eigenvalue weighted by Crippen LogP contribution is 2.20. The standard InChI is InChI=1S/C13H17F2N/c14-13(15)11-7-5-10(6-8-11)9-16-12-3-1-2-4-12/h5-8,12-13,16H,1-4,9H2. The Labute approximate surface area is 94.9 Å². The first kappa shape index (κ1) is 11.5. The molecule has 0 aliphatic heterocycles. The normalized spacial score (nSPS) is 17.2. The summed E-state index contributed by atoms with van der Waals surface area (Å²) in [6.07, 6.45) is 2.74. The van der Waals surface area contributed by atoms with Crippen LogP contribution in [0.3, 0.4) is 0 Å². The van der Waals surface area contributed by atoms with Gasteiger partial charge in [-0.3, -0.25) is 0 Å². The second-order valence-corrected chi connectivity index (χ2v) is 4.40. The maximum absolute atomic E-state index is 12.3. The van der Waals surface area contributed by atoms with Crippen molar-refractivity contribution in [2.45, 2.75) is 44.7 Å². The van der Waals surface area contributed by atoms with E-state index in [1.54, 1.807) is 12.1 Å². The van der Waals surface area contributed by atoms with Crippen molar-refractivity contribution in [1.82, 2.24) is 5.32 Å². The Hall–Kier alpha value is -0.960. The zero-order valence-electron chi connectivity index (χ0n) is 9.26. The highest BCUT2D eigenvalue weighted by molar-refractivity contribution is 5.23. The van der Waals surface area contributed by atoms with Crippen LogP contribution in [0.25, 0.3) is 0 Å². The van der Waals surface area contributed by atoms with Crippen LogP contribution in [0.15, 0.2) is 24.3 Å². The monoisotopic (exact) mass is 225 g/mol. The van der Waals surface area contributed by atoms with E-state index in [9.17, 15) is 8.78 Å². The zero-order chi connectivity index (χ0) is 11.4. The summed E-state index contributed by atoms with van der Waals surface area (Å²) in [5, 5.41) is 3.46. The molecule has 2 rings (SSSR count). The van der Waals surface area contributed by atoms with Gasteiger partial charge in [-0.1, -0.05) is 37.1 Å². The van der Waals surface area contributed by atoms with Crippen LogP contribution in [-0.2, 0) is 6.54 Å². The third-order valence-electron chi connectivity index (χ3n) is 3.18. The van der Waals surface area contributed by atoms with Crippen LogP contribution < -0.4 is 5.32 Å². The van der Waals surface area contributed by atoms with E-state index >= 15 is 0 Å². The van der Waals surface area contributed by atoms with E-state index in [0.29, 0.717) is 6.04 Å². The molecule has 1 saturated carbocycles. The third-order valence-corrected chi connectivity index (χ3v) is 3.18. The molecule has 0 radical (unpaired) electrons. The van der Waals surface area contributed by atoms with Gasteiger partial charge in [-0.2, -0.15) is 0 Å². The minimum absolute atomic E-state index is 0.101. The Morgan fingerprint density at radius 3 is 2.31 bits per heavy atom. The van der Waals surface area contributed by atoms with Gasteiger partial charge in [0.2, 0.25) is 0 Å². The number of nitrogens with one attached hydrogen (secondary N) is 1. The maximum atomic E-state index is 12.3. The molecule has 0 bridgehead atoms. The van der Waals surface area contributed by atoms with E-state index in [4.69, 9.17) is 0 Å². The van der Waals surface area contributed by atoms with Crippen LogP contribution in [0.4, 0.5) is 8.78 Å². The fourth-order valence-corrected chi connectivity index (χ4v) is 2.17. The molecule has 0 amide bonds. The molecule has 0 atom stereocenters. The number of alkyl halides is 2. The topological polar surface area (TPSA) is 12.0 Å². The molecule has 16 heavy (non-hydrogen) atoms. The van der Waals surface area contributed by atoms with Gasteiger partial charge in [0.15, 0.2) is 0 Å². The third kappa shape index (κ3) is 3.01. The van der Waals surface area contributed by atoms with Crippen molar-refractivity contribution < 1.29 is 8.78 Å². The predicted octanol–water partition coefficient (Wildman–Crippen LogP) is 3.66. The first-order valence-corrected chi connectivity index (χ1v) is 5.86. The molecule has 1 aromatic carbocycles. The molecule has 0 heterocycles. The van der Waals surface area contributed by atoms with Gasteiger partial charge in [0.1, 0.15) is 0 Å². The quantitative estimate of drug-likeness (QED) is 0.824. The van der Waals surface area contributed by atoms with Crippen molar-refractivity contribution in [3.05, 3.63) is 35.4 Å². The lowest BCUT2D eigenvalue weighted by Gasteiger charge is -2.11. The Morgan fingerprint density at radius 1 is 1.12 bits per heavy atom. The summed E-state index contributed by atoms with van der Waals surface area (Å²) in [6.45, 7) is 0.786. The van der Waals surface area contributed by atoms with Gasteiger partial charge in [-0.05, 0) is 18.4 Å². The molecule has 88 valence electrons. The molecular weight excluding hydrogens is 208 g/mol. The Balaban J connectivity index is 1.84. The van der Waals surface area contributed by atoms with Crippen LogP contribution in [0.1, 0.15) is 43.2 Å². The molecule has 0 unspecified atom stereocenters. The van der Waals surface area contributed by atoms with Crippen molar-refractivity contribution in [2.75, 3.05) is 0 Å². The molecule has 3 heteroatoms. The second-order valence-electron chi connectivity index (χ2n) is 4.40. The van der Waals surface area contributed by atoms with Crippen LogP contribution >= 0.6 is 0 Å². The van der Waals surface area contributed by atoms with E-state index in [0.717, 1.165) is 12.1 Å². The van der Waals surface area contributed by atoms with Crippen molar-refractivity contribution in [3.63, 3.8) is 0 Å². The van der Waals surface area contributed by atoms with Crippen LogP contribution in [0, 0.1) is 0 Å². The molecule has 0 aromatic heterocycles. The average Bonchev–Trinajstić information content (AvgIpc) is 2.80. The molecule has 1 aromatic rings. The summed E-state index contributed by atoms with van der Waals surface area (Å²) >= 11 is 0. The van der Waals surface area contributed by atoms with Gasteiger partial charge < -0.3 is 5.32 Å². The summed E-state index contributed by atoms with van der Waals surface area (Å²) in [7, 11) is 0. The molecule has 1 aliphatic rings. The lowest BCUT2D eigenvalue weighted by molar-refractivity contribution is 0.151. The first-order valence-electron chi connectivity index (χ1n) is 5.86. The molecule has 1 nitrogen and oxygen atoms in total. The van der Waals surface area contributed by atoms with Gasteiger partial charge in [0, 0.05) is 18.2 Å². The van der Waals surface area contributed by atoms with Gasteiger partial charge in [-0.25, -0.2) is 8.78 Å². The summed E-state index contributed by atoms with van der Waals surface area (Å²) in [5.74, 6) is 0. The number of halogens is 2. The largest absolute Gasteiger partial charge is 0.310 e. The van der Waals surface area contributed by atoms with E-state index in [1.165, 1.54) is 37.8 Å². The molecular formula is C13H17F2N. The Morgan fingerprint density at radius 2 is 1.75 bits per heavy atom. The van der Waals surface area contributed by atoms with E-state index in [-0.39, 0.29) is 5.56 Å². The Kier molecular flexibility index (Phi) is 3.88. The van der Waals surface area contributed by atoms with Crippen molar-refractivity contribution in [3.8, 4) is 0 Å². The van der Waals surface area contributed by atoms with Gasteiger partial charge in [0.05, 0.1) is 0 Å². The van der Waals surface area contributed by atoms with E-state index < -0.39 is 6.43 Å². The predicted molar refractivity (Wildman–Crippen MR) is 60.5 cm³/mol. The lowest BCUT2D eigenvalue weighted by atomic mass is 10.1. The summed E-state index contributed by atoms with van der Waals surface area (Å²) in [5.41, 5.74) is 1.18. The maximum Gasteiger partial charge on any atom is 0.263 e. The number of hydrogen-bond donors (Lipinski definition) is 1. The van der Waals surface area contributed by atoms with E-state index in [1.807, 2.05) is 0 Å². The molecule has 1 aliphatic carbocycles. The van der Waals surface area contributed by atoms with Gasteiger partial charge >= 0.3 is 0 Å². The van der Waals surface area contributed by atoms with Gasteiger partial charge in [0.25, 0.3) is 6.43 Å². The molecule has 0 spiro atoms. The average molecular weight is 225 g/mol. The van der Waals surface area contributed by atoms with Crippen molar-refractivity contribution >= 4 is 0 Å². The zero-order valence-corrected chi connectivity index (χ0v) is 9.26. The second kappa shape index (κ2) is 5.39. The SMILES string of the molecule is FC(F)c1ccc(CNC2CCCC2)cc1. The van der Waals surface area contributed by atoms with Gasteiger partial charge in [-0.15, -0.1) is 0 Å². The highest BCUT2D eigenvalue weighted by atomic mass is 19.3. The van der Waals surface area contributed by atoms with Crippen molar-refractivity contribution in [2.24, 2.45) is 0 Å². The minimum atomic E-state index is -2.36. The lowest BCUT2D eigenvalue weighted by Crippen LogP contribution is -2.25. The number of hydrogen-bond acceptors (Lipinski definition) is 1. The van der Waals surface area contributed by atoms with Crippen molar-refractivity contribution in [1.29, 1.82) is 0 Å². The summed E-state index contributed by atoms with van der Waals surface area (Å²) < 4.78 is 24.6. The summed E-state index contributed by atoms with van der Waals surface area (Å²) in [4.78, 5) is 0. The van der Waals surface area contributed by atoms with Crippen LogP contribution in [-0.4, -0.2) is 6.04 Å². The Bertz CT molecular complexity index is 315. The fraction of sp³-hybridized carbons (Fsp3) is 0.538. The van der Waals surface area contributed by atoms with Crippen LogP contribution in [0.5, 0.6) is 0 Å². The molecule has 0 saturated heterocycles. The molecule has 1 N–H and O–H groups in total. The van der Waals surface area contributed by atoms with E-state index in [2.05, 4.69) is 5.32 Å². The minimum Gasteiger partial charge on any atom is -0.310 e. The molecule has 1 fully saturated rings. The smallest absolute Gasteiger partial charge is 0.263 e. The van der Waals surface area contributed by atoms with Crippen LogP contribution in [0.2, 0.25) is 0 Å². The fourth-order valence-electron chi connectivity index (χ4n) is 2.17. The number of rotatable bonds is 4.